The van der Waals surface area contributed by atoms with Gasteiger partial charge in [0.2, 0.25) is 17.7 Å². The lowest BCUT2D eigenvalue weighted by molar-refractivity contribution is -0.145. The molecule has 246 valence electrons. The number of H-pyrrole nitrogens is 1. The van der Waals surface area contributed by atoms with Crippen LogP contribution in [0.25, 0.3) is 10.9 Å². The molecule has 4 atom stereocenters. The van der Waals surface area contributed by atoms with Gasteiger partial charge in [0, 0.05) is 36.6 Å². The molecule has 0 spiro atoms. The number of carbonyl (C=O) groups is 5. The number of aromatic nitrogens is 1. The number of carbonyl (C=O) groups excluding carboxylic acids is 4. The molecule has 1 aliphatic heterocycles. The van der Waals surface area contributed by atoms with Crippen LogP contribution in [0.5, 0.6) is 0 Å². The fourth-order valence-electron chi connectivity index (χ4n) is 5.88. The van der Waals surface area contributed by atoms with E-state index in [4.69, 9.17) is 5.73 Å². The maximum absolute atomic E-state index is 13.9. The molecular weight excluding hydrogens is 590 g/mol. The molecule has 0 radical (unpaired) electrons. The summed E-state index contributed by atoms with van der Waals surface area (Å²) >= 11 is 0. The Morgan fingerprint density at radius 3 is 2.41 bits per heavy atom. The number of carboxylic acid groups (broad SMARTS) is 1. The number of hydrogen-bond acceptors (Lipinski definition) is 6. The fourth-order valence-corrected chi connectivity index (χ4v) is 5.88. The molecule has 1 fully saturated rings. The topological polar surface area (TPSA) is 199 Å². The highest BCUT2D eigenvalue weighted by atomic mass is 16.4. The van der Waals surface area contributed by atoms with Gasteiger partial charge in [0.1, 0.15) is 18.1 Å². The van der Waals surface area contributed by atoms with Crippen molar-refractivity contribution in [3.8, 4) is 0 Å². The van der Waals surface area contributed by atoms with E-state index < -0.39 is 48.0 Å². The summed E-state index contributed by atoms with van der Waals surface area (Å²) in [4.78, 5) is 69.1. The summed E-state index contributed by atoms with van der Waals surface area (Å²) in [5, 5.41) is 21.6. The highest BCUT2D eigenvalue weighted by Crippen LogP contribution is 2.22. The third-order valence-corrected chi connectivity index (χ3v) is 8.33. The molecule has 0 aliphatic carbocycles. The standard InChI is InChI=1S/C33H43N7O6/c1-35-27(18-21-10-3-2-4-11-21)31(43)40-17-8-7-15-28(40)30(42)39-26(19-22-20-37-24-13-6-5-12-23(22)24)29(41)38-25(32(44)45)14-9-16-36-33(34)46/h2-6,10-13,20,25-28,35,37H,7-9,14-19H2,1H3,(H,38,41)(H,39,42)(H,44,45)(H3,34,36,46)/t25?,26?,27?,28-/m0/s1. The number of rotatable bonds is 15. The third-order valence-electron chi connectivity index (χ3n) is 8.33. The minimum Gasteiger partial charge on any atom is -0.480 e. The van der Waals surface area contributed by atoms with Gasteiger partial charge in [-0.15, -0.1) is 0 Å². The quantitative estimate of drug-likeness (QED) is 0.123. The molecule has 1 saturated heterocycles. The number of benzene rings is 2. The van der Waals surface area contributed by atoms with Crippen LogP contribution in [0.4, 0.5) is 4.79 Å². The predicted octanol–water partition coefficient (Wildman–Crippen LogP) is 1.42. The van der Waals surface area contributed by atoms with Gasteiger partial charge in [-0.2, -0.15) is 0 Å². The molecule has 1 aliphatic rings. The Morgan fingerprint density at radius 2 is 1.70 bits per heavy atom. The Kier molecular flexibility index (Phi) is 12.1. The molecule has 4 rings (SSSR count). The first-order valence-corrected chi connectivity index (χ1v) is 15.6. The van der Waals surface area contributed by atoms with E-state index >= 15 is 0 Å². The molecule has 2 heterocycles. The van der Waals surface area contributed by atoms with E-state index in [2.05, 4.69) is 26.3 Å². The normalized spacial score (nSPS) is 16.6. The average Bonchev–Trinajstić information content (AvgIpc) is 3.47. The summed E-state index contributed by atoms with van der Waals surface area (Å²) in [6.45, 7) is 0.553. The molecular formula is C33H43N7O6. The first-order chi connectivity index (χ1) is 22.2. The largest absolute Gasteiger partial charge is 0.480 e. The van der Waals surface area contributed by atoms with Crippen LogP contribution in [0.3, 0.4) is 0 Å². The monoisotopic (exact) mass is 633 g/mol. The van der Waals surface area contributed by atoms with Crippen LogP contribution >= 0.6 is 0 Å². The summed E-state index contributed by atoms with van der Waals surface area (Å²) in [5.74, 6) is -2.58. The Morgan fingerprint density at radius 1 is 0.957 bits per heavy atom. The molecule has 2 aromatic carbocycles. The van der Waals surface area contributed by atoms with Gasteiger partial charge in [0.15, 0.2) is 0 Å². The zero-order valence-electron chi connectivity index (χ0n) is 26.0. The highest BCUT2D eigenvalue weighted by molar-refractivity contribution is 5.95. The number of piperidine rings is 1. The van der Waals surface area contributed by atoms with Gasteiger partial charge >= 0.3 is 12.0 Å². The Balaban J connectivity index is 1.53. The summed E-state index contributed by atoms with van der Waals surface area (Å²) in [6, 6.07) is 12.7. The summed E-state index contributed by atoms with van der Waals surface area (Å²) in [5.41, 5.74) is 7.69. The Hall–Kier alpha value is -4.91. The number of nitrogens with one attached hydrogen (secondary N) is 5. The molecule has 8 N–H and O–H groups in total. The lowest BCUT2D eigenvalue weighted by Gasteiger charge is -2.37. The van der Waals surface area contributed by atoms with E-state index in [0.717, 1.165) is 34.9 Å². The van der Waals surface area contributed by atoms with Crippen LogP contribution in [0.2, 0.25) is 0 Å². The lowest BCUT2D eigenvalue weighted by Crippen LogP contribution is -2.60. The Labute approximate surface area is 267 Å². The van der Waals surface area contributed by atoms with Gasteiger partial charge in [-0.25, -0.2) is 9.59 Å². The second kappa shape index (κ2) is 16.4. The number of primary amides is 1. The van der Waals surface area contributed by atoms with Crippen molar-refractivity contribution in [2.75, 3.05) is 20.1 Å². The number of likely N-dealkylation sites (tertiary alicyclic amines) is 1. The van der Waals surface area contributed by atoms with Gasteiger partial charge < -0.3 is 42.0 Å². The molecule has 3 aromatic rings. The second-order valence-electron chi connectivity index (χ2n) is 11.5. The van der Waals surface area contributed by atoms with Crippen molar-refractivity contribution in [3.63, 3.8) is 0 Å². The summed E-state index contributed by atoms with van der Waals surface area (Å²) < 4.78 is 0. The van der Waals surface area contributed by atoms with Gasteiger partial charge in [-0.3, -0.25) is 14.4 Å². The minimum absolute atomic E-state index is 0.0346. The van der Waals surface area contributed by atoms with Gasteiger partial charge in [-0.05, 0) is 62.8 Å². The maximum Gasteiger partial charge on any atom is 0.326 e. The van der Waals surface area contributed by atoms with Crippen molar-refractivity contribution < 1.29 is 29.1 Å². The first kappa shape index (κ1) is 34.0. The van der Waals surface area contributed by atoms with E-state index in [1.165, 1.54) is 0 Å². The SMILES string of the molecule is CNC(Cc1ccccc1)C(=O)N1CCCC[C@H]1C(=O)NC(Cc1c[nH]c2ccccc12)C(=O)NC(CCCNC(N)=O)C(=O)O. The van der Waals surface area contributed by atoms with E-state index in [-0.39, 0.29) is 31.7 Å². The van der Waals surface area contributed by atoms with Crippen molar-refractivity contribution in [2.45, 2.75) is 69.1 Å². The van der Waals surface area contributed by atoms with Crippen LogP contribution < -0.4 is 27.0 Å². The number of fused-ring (bicyclic) bond motifs is 1. The first-order valence-electron chi connectivity index (χ1n) is 15.6. The molecule has 0 saturated carbocycles. The summed E-state index contributed by atoms with van der Waals surface area (Å²) in [6.07, 6.45) is 4.53. The van der Waals surface area contributed by atoms with Crippen molar-refractivity contribution >= 4 is 40.6 Å². The minimum atomic E-state index is -1.26. The Bertz CT molecular complexity index is 1510. The predicted molar refractivity (Wildman–Crippen MR) is 173 cm³/mol. The molecule has 3 unspecified atom stereocenters. The van der Waals surface area contributed by atoms with E-state index in [9.17, 15) is 29.1 Å². The molecule has 5 amide bonds. The highest BCUT2D eigenvalue weighted by Gasteiger charge is 2.37. The zero-order chi connectivity index (χ0) is 33.1. The third kappa shape index (κ3) is 9.07. The number of likely N-dealkylation sites (N-methyl/N-ethyl adjacent to an activating group) is 1. The average molecular weight is 634 g/mol. The van der Waals surface area contributed by atoms with Crippen LogP contribution in [0, 0.1) is 0 Å². The number of nitrogens with zero attached hydrogens (tertiary/aromatic N) is 1. The molecule has 13 nitrogen and oxygen atoms in total. The zero-order valence-corrected chi connectivity index (χ0v) is 26.0. The summed E-state index contributed by atoms with van der Waals surface area (Å²) in [7, 11) is 1.72. The van der Waals surface area contributed by atoms with Gasteiger partial charge in [0.05, 0.1) is 6.04 Å². The number of amides is 5. The van der Waals surface area contributed by atoms with Crippen LogP contribution in [-0.2, 0) is 32.0 Å². The number of nitrogens with two attached hydrogens (primary N) is 1. The molecule has 1 aromatic heterocycles. The van der Waals surface area contributed by atoms with Crippen LogP contribution in [0.1, 0.15) is 43.2 Å². The number of aromatic amines is 1. The van der Waals surface area contributed by atoms with Crippen molar-refractivity contribution in [3.05, 3.63) is 71.9 Å². The molecule has 46 heavy (non-hydrogen) atoms. The van der Waals surface area contributed by atoms with E-state index in [1.807, 2.05) is 54.6 Å². The lowest BCUT2D eigenvalue weighted by atomic mass is 9.97. The number of para-hydroxylation sites is 1. The second-order valence-corrected chi connectivity index (χ2v) is 11.5. The number of urea groups is 1. The smallest absolute Gasteiger partial charge is 0.326 e. The van der Waals surface area contributed by atoms with E-state index in [1.54, 1.807) is 18.1 Å². The van der Waals surface area contributed by atoms with Gasteiger partial charge in [0.25, 0.3) is 0 Å². The van der Waals surface area contributed by atoms with Gasteiger partial charge in [-0.1, -0.05) is 48.5 Å². The number of carboxylic acids is 1. The maximum atomic E-state index is 13.9. The van der Waals surface area contributed by atoms with Crippen molar-refractivity contribution in [1.82, 2.24) is 31.2 Å². The molecule has 0 bridgehead atoms. The van der Waals surface area contributed by atoms with Crippen molar-refractivity contribution in [2.24, 2.45) is 5.73 Å². The van der Waals surface area contributed by atoms with E-state index in [0.29, 0.717) is 19.4 Å². The fraction of sp³-hybridized carbons (Fsp3) is 0.424. The van der Waals surface area contributed by atoms with Crippen LogP contribution in [0.15, 0.2) is 60.8 Å². The van der Waals surface area contributed by atoms with Crippen LogP contribution in [-0.4, -0.2) is 89.0 Å². The number of aliphatic carboxylic acids is 1. The van der Waals surface area contributed by atoms with Crippen molar-refractivity contribution in [1.29, 1.82) is 0 Å². The number of hydrogen-bond donors (Lipinski definition) is 7. The molecule has 13 heteroatoms.